The lowest BCUT2D eigenvalue weighted by Crippen LogP contribution is -2.46. The summed E-state index contributed by atoms with van der Waals surface area (Å²) in [5, 5.41) is 2.52. The zero-order chi connectivity index (χ0) is 27.1. The molecule has 1 saturated heterocycles. The molecule has 1 aliphatic rings. The maximum atomic E-state index is 13.5. The van der Waals surface area contributed by atoms with E-state index in [4.69, 9.17) is 14.2 Å². The Morgan fingerprint density at radius 3 is 2.42 bits per heavy atom. The van der Waals surface area contributed by atoms with E-state index in [9.17, 15) is 14.0 Å². The lowest BCUT2D eigenvalue weighted by molar-refractivity contribution is -0.129. The van der Waals surface area contributed by atoms with Crippen LogP contribution in [0.5, 0.6) is 17.2 Å². The van der Waals surface area contributed by atoms with Crippen LogP contribution in [0.1, 0.15) is 12.0 Å². The third kappa shape index (κ3) is 6.44. The third-order valence-corrected chi connectivity index (χ3v) is 7.11. The van der Waals surface area contributed by atoms with Gasteiger partial charge in [-0.1, -0.05) is 30.0 Å². The predicted molar refractivity (Wildman–Crippen MR) is 146 cm³/mol. The molecule has 1 fully saturated rings. The summed E-state index contributed by atoms with van der Waals surface area (Å²) in [6, 6.07) is 18.3. The molecule has 1 heterocycles. The van der Waals surface area contributed by atoms with Crippen molar-refractivity contribution in [2.45, 2.75) is 18.1 Å². The maximum absolute atomic E-state index is 13.5. The summed E-state index contributed by atoms with van der Waals surface area (Å²) >= 11 is 1.20. The number of halogens is 1. The zero-order valence-electron chi connectivity index (χ0n) is 21.3. The minimum absolute atomic E-state index is 0.0000204. The highest BCUT2D eigenvalue weighted by Gasteiger charge is 2.36. The summed E-state index contributed by atoms with van der Waals surface area (Å²) in [5.41, 5.74) is 1.93. The van der Waals surface area contributed by atoms with Gasteiger partial charge in [-0.2, -0.15) is 0 Å². The number of nitrogens with one attached hydrogen (secondary N) is 1. The Labute approximate surface area is 224 Å². The van der Waals surface area contributed by atoms with Crippen molar-refractivity contribution in [1.29, 1.82) is 0 Å². The lowest BCUT2D eigenvalue weighted by Gasteiger charge is -2.32. The van der Waals surface area contributed by atoms with E-state index < -0.39 is 5.25 Å². The van der Waals surface area contributed by atoms with Crippen LogP contribution in [0.3, 0.4) is 0 Å². The van der Waals surface area contributed by atoms with Crippen molar-refractivity contribution in [2.75, 3.05) is 33.2 Å². The van der Waals surface area contributed by atoms with Crippen molar-refractivity contribution in [3.8, 4) is 17.2 Å². The Morgan fingerprint density at radius 2 is 1.71 bits per heavy atom. The molecule has 0 unspecified atom stereocenters. The number of hydrogen-bond donors (Lipinski definition) is 1. The molecule has 0 aliphatic carbocycles. The van der Waals surface area contributed by atoms with Gasteiger partial charge >= 0.3 is 0 Å². The van der Waals surface area contributed by atoms with Crippen molar-refractivity contribution >= 4 is 40.1 Å². The Bertz CT molecular complexity index is 1330. The molecule has 198 valence electrons. The number of ether oxygens (including phenoxy) is 3. The molecule has 0 spiro atoms. The number of hydrogen-bond acceptors (Lipinski definition) is 7. The second-order valence-electron chi connectivity index (χ2n) is 8.36. The van der Waals surface area contributed by atoms with Gasteiger partial charge in [-0.15, -0.1) is 0 Å². The third-order valence-electron chi connectivity index (χ3n) is 5.92. The Kier molecular flexibility index (Phi) is 8.85. The molecule has 0 aromatic heterocycles. The number of para-hydroxylation sites is 2. The molecule has 3 aromatic rings. The number of rotatable bonds is 9. The number of nitrogens with zero attached hydrogens (tertiary/aromatic N) is 2. The van der Waals surface area contributed by atoms with Crippen LogP contribution < -0.4 is 19.5 Å². The molecule has 0 radical (unpaired) electrons. The summed E-state index contributed by atoms with van der Waals surface area (Å²) in [6.07, 6.45) is 0.521. The average Bonchev–Trinajstić information content (AvgIpc) is 2.93. The van der Waals surface area contributed by atoms with Crippen molar-refractivity contribution in [1.82, 2.24) is 4.90 Å². The molecule has 0 saturated carbocycles. The second kappa shape index (κ2) is 12.5. The number of carbonyl (C=O) groups excluding carboxylic acids is 2. The van der Waals surface area contributed by atoms with Crippen molar-refractivity contribution in [2.24, 2.45) is 4.99 Å². The van der Waals surface area contributed by atoms with Crippen LogP contribution in [-0.2, 0) is 16.0 Å². The number of carbonyl (C=O) groups is 2. The van der Waals surface area contributed by atoms with E-state index in [0.717, 1.165) is 5.56 Å². The largest absolute Gasteiger partial charge is 0.495 e. The van der Waals surface area contributed by atoms with E-state index in [1.54, 1.807) is 43.4 Å². The maximum Gasteiger partial charge on any atom is 0.238 e. The summed E-state index contributed by atoms with van der Waals surface area (Å²) in [6.45, 7) is 0.336. The number of thioether (sulfide) groups is 1. The number of benzene rings is 3. The predicted octanol–water partition coefficient (Wildman–Crippen LogP) is 5.05. The number of methoxy groups -OCH3 is 3. The molecule has 3 aromatic carbocycles. The van der Waals surface area contributed by atoms with Gasteiger partial charge < -0.3 is 19.5 Å². The van der Waals surface area contributed by atoms with Gasteiger partial charge in [0.1, 0.15) is 16.8 Å². The van der Waals surface area contributed by atoms with E-state index in [1.165, 1.54) is 43.1 Å². The first-order chi connectivity index (χ1) is 18.4. The van der Waals surface area contributed by atoms with Crippen LogP contribution in [-0.4, -0.2) is 55.0 Å². The van der Waals surface area contributed by atoms with Gasteiger partial charge in [0.15, 0.2) is 16.7 Å². The van der Waals surface area contributed by atoms with Crippen molar-refractivity contribution in [3.05, 3.63) is 78.1 Å². The zero-order valence-corrected chi connectivity index (χ0v) is 22.1. The van der Waals surface area contributed by atoms with Gasteiger partial charge in [-0.05, 0) is 60.5 Å². The highest BCUT2D eigenvalue weighted by molar-refractivity contribution is 8.15. The Morgan fingerprint density at radius 1 is 1.00 bits per heavy atom. The molecule has 1 atom stereocenters. The SMILES string of the molecule is COc1ccccc1NC(=O)[C@@H]1CC(=O)N(CCc2ccc(OC)c(OC)c2)C(=Nc2ccc(F)cc2)S1. The first-order valence-electron chi connectivity index (χ1n) is 11.9. The molecule has 38 heavy (non-hydrogen) atoms. The summed E-state index contributed by atoms with van der Waals surface area (Å²) < 4.78 is 29.5. The fraction of sp³-hybridized carbons (Fsp3) is 0.250. The molecule has 1 N–H and O–H groups in total. The highest BCUT2D eigenvalue weighted by Crippen LogP contribution is 2.32. The molecule has 4 rings (SSSR count). The molecule has 1 aliphatic heterocycles. The topological polar surface area (TPSA) is 89.5 Å². The Balaban J connectivity index is 1.56. The van der Waals surface area contributed by atoms with E-state index in [-0.39, 0.29) is 24.1 Å². The van der Waals surface area contributed by atoms with Crippen molar-refractivity contribution in [3.63, 3.8) is 0 Å². The van der Waals surface area contributed by atoms with Gasteiger partial charge in [0.2, 0.25) is 11.8 Å². The van der Waals surface area contributed by atoms with Crippen LogP contribution in [0.25, 0.3) is 0 Å². The van der Waals surface area contributed by atoms with Gasteiger partial charge in [0, 0.05) is 13.0 Å². The fourth-order valence-electron chi connectivity index (χ4n) is 3.93. The van der Waals surface area contributed by atoms with Gasteiger partial charge in [0.05, 0.1) is 32.7 Å². The number of aliphatic imine (C=N–C) groups is 1. The monoisotopic (exact) mass is 537 g/mol. The van der Waals surface area contributed by atoms with Gasteiger partial charge in [-0.25, -0.2) is 9.38 Å². The minimum atomic E-state index is -0.705. The van der Waals surface area contributed by atoms with E-state index in [2.05, 4.69) is 10.3 Å². The highest BCUT2D eigenvalue weighted by atomic mass is 32.2. The smallest absolute Gasteiger partial charge is 0.238 e. The molecule has 0 bridgehead atoms. The van der Waals surface area contributed by atoms with Crippen LogP contribution >= 0.6 is 11.8 Å². The summed E-state index contributed by atoms with van der Waals surface area (Å²) in [7, 11) is 4.66. The molecule has 2 amide bonds. The molecule has 8 nitrogen and oxygen atoms in total. The number of anilines is 1. The Hall–Kier alpha value is -4.05. The normalized spacial score (nSPS) is 16.3. The first kappa shape index (κ1) is 27.0. The molecular weight excluding hydrogens is 509 g/mol. The standard InChI is InChI=1S/C28H28FN3O5S/c1-35-22-7-5-4-6-21(22)31-27(34)25-17-26(33)32(28(38-25)30-20-11-9-19(29)10-12-20)15-14-18-8-13-23(36-2)24(16-18)37-3/h4-13,16,25H,14-15,17H2,1-3H3,(H,31,34)/t25-/m0/s1. The number of amidine groups is 1. The van der Waals surface area contributed by atoms with Crippen LogP contribution in [0.2, 0.25) is 0 Å². The summed E-state index contributed by atoms with van der Waals surface area (Å²) in [5.74, 6) is 0.774. The van der Waals surface area contributed by atoms with Crippen molar-refractivity contribution < 1.29 is 28.2 Å². The molecule has 10 heteroatoms. The van der Waals surface area contributed by atoms with Crippen LogP contribution in [0.15, 0.2) is 71.7 Å². The first-order valence-corrected chi connectivity index (χ1v) is 12.8. The molecular formula is C28H28FN3O5S. The fourth-order valence-corrected chi connectivity index (χ4v) is 5.05. The summed E-state index contributed by atoms with van der Waals surface area (Å²) in [4.78, 5) is 32.6. The van der Waals surface area contributed by atoms with E-state index >= 15 is 0 Å². The van der Waals surface area contributed by atoms with Crippen LogP contribution in [0, 0.1) is 5.82 Å². The minimum Gasteiger partial charge on any atom is -0.495 e. The lowest BCUT2D eigenvalue weighted by atomic mass is 10.1. The average molecular weight is 538 g/mol. The quantitative estimate of drug-likeness (QED) is 0.411. The second-order valence-corrected chi connectivity index (χ2v) is 9.53. The van der Waals surface area contributed by atoms with E-state index in [1.807, 2.05) is 18.2 Å². The number of amides is 2. The van der Waals surface area contributed by atoms with Gasteiger partial charge in [-0.3, -0.25) is 14.5 Å². The van der Waals surface area contributed by atoms with E-state index in [0.29, 0.717) is 46.8 Å². The van der Waals surface area contributed by atoms with Gasteiger partial charge in [0.25, 0.3) is 0 Å². The van der Waals surface area contributed by atoms with Crippen LogP contribution in [0.4, 0.5) is 15.8 Å².